The second-order valence-electron chi connectivity index (χ2n) is 7.29. The van der Waals surface area contributed by atoms with Crippen molar-refractivity contribution in [3.05, 3.63) is 59.0 Å². The fraction of sp³-hybridized carbons (Fsp3) is 0.316. The molecule has 2 saturated carbocycles. The first-order valence-electron chi connectivity index (χ1n) is 8.61. The van der Waals surface area contributed by atoms with Gasteiger partial charge in [-0.15, -0.1) is 0 Å². The second-order valence-corrected chi connectivity index (χ2v) is 7.73. The van der Waals surface area contributed by atoms with Gasteiger partial charge in [-0.25, -0.2) is 0 Å². The molecule has 6 nitrogen and oxygen atoms in total. The summed E-state index contributed by atoms with van der Waals surface area (Å²) in [6, 6.07) is 7.24. The molecule has 3 aromatic rings. The van der Waals surface area contributed by atoms with Gasteiger partial charge in [0.15, 0.2) is 0 Å². The van der Waals surface area contributed by atoms with Crippen LogP contribution < -0.4 is 5.32 Å². The van der Waals surface area contributed by atoms with Gasteiger partial charge in [0.05, 0.1) is 22.9 Å². The number of benzene rings is 1. The number of aromatic amines is 1. The summed E-state index contributed by atoms with van der Waals surface area (Å²) in [6.07, 6.45) is 6.15. The van der Waals surface area contributed by atoms with E-state index >= 15 is 0 Å². The van der Waals surface area contributed by atoms with Gasteiger partial charge in [0.25, 0.3) is 5.91 Å². The van der Waals surface area contributed by atoms with Gasteiger partial charge in [-0.05, 0) is 54.5 Å². The molecule has 2 aromatic heterocycles. The van der Waals surface area contributed by atoms with Crippen molar-refractivity contribution < 1.29 is 9.90 Å². The van der Waals surface area contributed by atoms with Gasteiger partial charge in [0.1, 0.15) is 0 Å². The molecule has 2 heterocycles. The van der Waals surface area contributed by atoms with Crippen LogP contribution in [-0.4, -0.2) is 32.2 Å². The van der Waals surface area contributed by atoms with E-state index in [1.54, 1.807) is 30.7 Å². The van der Waals surface area contributed by atoms with E-state index in [1.165, 1.54) is 0 Å². The minimum Gasteiger partial charge on any atom is -0.385 e. The number of hydrogen-bond donors (Lipinski definition) is 3. The molecule has 2 aliphatic rings. The van der Waals surface area contributed by atoms with Crippen LogP contribution in [-0.2, 0) is 5.60 Å². The molecular weight excluding hydrogens is 352 g/mol. The van der Waals surface area contributed by atoms with Crippen LogP contribution in [0, 0.1) is 11.8 Å². The Morgan fingerprint density at radius 1 is 1.31 bits per heavy atom. The summed E-state index contributed by atoms with van der Waals surface area (Å²) in [4.78, 5) is 16.3. The maximum atomic E-state index is 12.3. The van der Waals surface area contributed by atoms with Gasteiger partial charge in [-0.3, -0.25) is 14.9 Å². The van der Waals surface area contributed by atoms with Gasteiger partial charge < -0.3 is 10.4 Å². The van der Waals surface area contributed by atoms with E-state index in [0.29, 0.717) is 23.4 Å². The first kappa shape index (κ1) is 15.8. The van der Waals surface area contributed by atoms with Crippen molar-refractivity contribution in [1.29, 1.82) is 0 Å². The highest BCUT2D eigenvalue weighted by Crippen LogP contribution is 2.60. The Labute approximate surface area is 154 Å². The van der Waals surface area contributed by atoms with Crippen LogP contribution in [0.25, 0.3) is 10.9 Å². The molecule has 0 aliphatic heterocycles. The number of H-pyrrole nitrogens is 1. The quantitative estimate of drug-likeness (QED) is 0.662. The Balaban J connectivity index is 1.34. The predicted molar refractivity (Wildman–Crippen MR) is 96.7 cm³/mol. The summed E-state index contributed by atoms with van der Waals surface area (Å²) in [6.45, 7) is 0. The molecule has 7 heteroatoms. The zero-order valence-electron chi connectivity index (χ0n) is 13.8. The van der Waals surface area contributed by atoms with Gasteiger partial charge in [-0.1, -0.05) is 11.6 Å². The number of nitrogens with one attached hydrogen (secondary N) is 2. The summed E-state index contributed by atoms with van der Waals surface area (Å²) in [5.74, 6) is 0.448. The molecule has 3 N–H and O–H groups in total. The van der Waals surface area contributed by atoms with E-state index in [0.717, 1.165) is 16.5 Å². The normalized spacial score (nSPS) is 29.5. The molecule has 1 amide bonds. The fourth-order valence-corrected chi connectivity index (χ4v) is 4.65. The average Bonchev–Trinajstić information content (AvgIpc) is 3.01. The molecule has 2 aliphatic carbocycles. The van der Waals surface area contributed by atoms with Gasteiger partial charge in [0, 0.05) is 28.8 Å². The topological polar surface area (TPSA) is 90.9 Å². The van der Waals surface area contributed by atoms with E-state index in [1.807, 2.05) is 12.1 Å². The Hall–Kier alpha value is -2.44. The molecule has 26 heavy (non-hydrogen) atoms. The van der Waals surface area contributed by atoms with Crippen LogP contribution >= 0.6 is 11.6 Å². The number of halogens is 1. The van der Waals surface area contributed by atoms with Gasteiger partial charge in [0.2, 0.25) is 0 Å². The van der Waals surface area contributed by atoms with E-state index in [2.05, 4.69) is 20.5 Å². The molecule has 4 atom stereocenters. The largest absolute Gasteiger partial charge is 0.385 e. The van der Waals surface area contributed by atoms with E-state index in [9.17, 15) is 9.90 Å². The predicted octanol–water partition coefficient (Wildman–Crippen LogP) is 2.64. The van der Waals surface area contributed by atoms with Crippen LogP contribution in [0.15, 0.2) is 42.9 Å². The number of fused-ring (bicyclic) bond motifs is 2. The van der Waals surface area contributed by atoms with Crippen molar-refractivity contribution in [3.8, 4) is 0 Å². The Morgan fingerprint density at radius 2 is 2.12 bits per heavy atom. The first-order chi connectivity index (χ1) is 12.5. The summed E-state index contributed by atoms with van der Waals surface area (Å²) >= 11 is 6.21. The molecule has 0 radical (unpaired) electrons. The number of carbonyl (C=O) groups is 1. The standard InChI is InChI=1S/C19H17ClN4O2/c20-11-4-15(14-9-22-24-16(14)5-11)19(26)6-12-13(7-19)17(12)23-18(25)10-2-1-3-21-8-10/h1-5,8-9,12-13,17,26H,6-7H2,(H,22,24)(H,23,25)/t12-,13+,17?,19?. The number of pyridine rings is 1. The summed E-state index contributed by atoms with van der Waals surface area (Å²) in [5.41, 5.74) is 1.27. The van der Waals surface area contributed by atoms with Gasteiger partial charge in [-0.2, -0.15) is 5.10 Å². The molecule has 0 bridgehead atoms. The van der Waals surface area contributed by atoms with E-state index in [-0.39, 0.29) is 23.8 Å². The van der Waals surface area contributed by atoms with E-state index < -0.39 is 5.60 Å². The molecule has 132 valence electrons. The molecule has 0 saturated heterocycles. The highest BCUT2D eigenvalue weighted by Gasteiger charge is 2.62. The van der Waals surface area contributed by atoms with Crippen LogP contribution in [0.1, 0.15) is 28.8 Å². The minimum absolute atomic E-state index is 0.110. The number of aliphatic hydroxyl groups is 1. The Morgan fingerprint density at radius 3 is 2.85 bits per heavy atom. The lowest BCUT2D eigenvalue weighted by molar-refractivity contribution is 0.0293. The zero-order chi connectivity index (χ0) is 17.9. The lowest BCUT2D eigenvalue weighted by atomic mass is 9.86. The van der Waals surface area contributed by atoms with Crippen LogP contribution in [0.3, 0.4) is 0 Å². The summed E-state index contributed by atoms with van der Waals surface area (Å²) in [5, 5.41) is 22.8. The highest BCUT2D eigenvalue weighted by atomic mass is 35.5. The number of hydrogen-bond acceptors (Lipinski definition) is 4. The maximum Gasteiger partial charge on any atom is 0.253 e. The highest BCUT2D eigenvalue weighted by molar-refractivity contribution is 6.31. The van der Waals surface area contributed by atoms with Crippen LogP contribution in [0.2, 0.25) is 5.02 Å². The van der Waals surface area contributed by atoms with Crippen LogP contribution in [0.4, 0.5) is 0 Å². The first-order valence-corrected chi connectivity index (χ1v) is 8.99. The van der Waals surface area contributed by atoms with Crippen molar-refractivity contribution in [2.24, 2.45) is 11.8 Å². The number of aromatic nitrogens is 3. The van der Waals surface area contributed by atoms with Gasteiger partial charge >= 0.3 is 0 Å². The second kappa shape index (κ2) is 5.53. The molecule has 5 rings (SSSR count). The lowest BCUT2D eigenvalue weighted by Gasteiger charge is -2.27. The van der Waals surface area contributed by atoms with Crippen molar-refractivity contribution in [2.75, 3.05) is 0 Å². The Kier molecular flexibility index (Phi) is 3.36. The third-order valence-electron chi connectivity index (χ3n) is 5.72. The molecule has 2 unspecified atom stereocenters. The fourth-order valence-electron chi connectivity index (χ4n) is 4.43. The molecule has 0 spiro atoms. The van der Waals surface area contributed by atoms with Crippen LogP contribution in [0.5, 0.6) is 0 Å². The maximum absolute atomic E-state index is 12.3. The van der Waals surface area contributed by atoms with Crippen molar-refractivity contribution in [2.45, 2.75) is 24.5 Å². The zero-order valence-corrected chi connectivity index (χ0v) is 14.6. The van der Waals surface area contributed by atoms with Crippen molar-refractivity contribution >= 4 is 28.4 Å². The number of nitrogens with zero attached hydrogens (tertiary/aromatic N) is 2. The summed E-state index contributed by atoms with van der Waals surface area (Å²) in [7, 11) is 0. The number of amides is 1. The smallest absolute Gasteiger partial charge is 0.253 e. The molecule has 2 fully saturated rings. The third kappa shape index (κ3) is 2.40. The Bertz CT molecular complexity index is 991. The summed E-state index contributed by atoms with van der Waals surface area (Å²) < 4.78 is 0. The molecular formula is C19H17ClN4O2. The lowest BCUT2D eigenvalue weighted by Crippen LogP contribution is -2.33. The number of rotatable bonds is 3. The van der Waals surface area contributed by atoms with Crippen molar-refractivity contribution in [1.82, 2.24) is 20.5 Å². The third-order valence-corrected chi connectivity index (χ3v) is 5.94. The van der Waals surface area contributed by atoms with E-state index in [4.69, 9.17) is 11.6 Å². The monoisotopic (exact) mass is 368 g/mol. The van der Waals surface area contributed by atoms with Crippen molar-refractivity contribution in [3.63, 3.8) is 0 Å². The SMILES string of the molecule is O=C(NC1[C@H]2CC(O)(c3cc(Cl)cc4[nH]ncc34)C[C@@H]12)c1cccnc1. The molecule has 1 aromatic carbocycles. The number of carbonyl (C=O) groups excluding carboxylic acids is 1. The average molecular weight is 369 g/mol. The minimum atomic E-state index is -0.933.